The SMILES string of the molecule is CC(=O)Nc1ccc(NC(=O)N(Cc2cccs2)CC2CCCO2)c(Cl)c1. The van der Waals surface area contributed by atoms with Crippen LogP contribution in [-0.2, 0) is 16.1 Å². The van der Waals surface area contributed by atoms with E-state index in [1.807, 2.05) is 17.5 Å². The Labute approximate surface area is 167 Å². The molecule has 2 N–H and O–H groups in total. The third-order valence-corrected chi connectivity index (χ3v) is 5.37. The number of rotatable bonds is 6. The highest BCUT2D eigenvalue weighted by Crippen LogP contribution is 2.26. The van der Waals surface area contributed by atoms with E-state index in [-0.39, 0.29) is 18.0 Å². The van der Waals surface area contributed by atoms with E-state index in [4.69, 9.17) is 16.3 Å². The fourth-order valence-electron chi connectivity index (χ4n) is 2.94. The summed E-state index contributed by atoms with van der Waals surface area (Å²) in [5.74, 6) is -0.179. The molecule has 0 radical (unpaired) electrons. The number of halogens is 1. The van der Waals surface area contributed by atoms with Crippen molar-refractivity contribution < 1.29 is 14.3 Å². The minimum absolute atomic E-state index is 0.0633. The second-order valence-corrected chi connectivity index (χ2v) is 7.84. The van der Waals surface area contributed by atoms with Crippen LogP contribution in [0.4, 0.5) is 16.2 Å². The molecule has 1 aliphatic heterocycles. The maximum atomic E-state index is 12.9. The van der Waals surface area contributed by atoms with Gasteiger partial charge < -0.3 is 20.3 Å². The van der Waals surface area contributed by atoms with Crippen LogP contribution in [0.25, 0.3) is 0 Å². The van der Waals surface area contributed by atoms with Crippen LogP contribution >= 0.6 is 22.9 Å². The van der Waals surface area contributed by atoms with Crippen molar-refractivity contribution in [2.24, 2.45) is 0 Å². The first-order valence-corrected chi connectivity index (χ1v) is 10.0. The Hall–Kier alpha value is -2.09. The average Bonchev–Trinajstić information content (AvgIpc) is 3.30. The van der Waals surface area contributed by atoms with Gasteiger partial charge in [-0.05, 0) is 42.5 Å². The Kier molecular flexibility index (Phi) is 6.71. The predicted octanol–water partition coefficient (Wildman–Crippen LogP) is 4.57. The van der Waals surface area contributed by atoms with Gasteiger partial charge in [-0.3, -0.25) is 4.79 Å². The van der Waals surface area contributed by atoms with Crippen LogP contribution in [0.1, 0.15) is 24.6 Å². The topological polar surface area (TPSA) is 70.7 Å². The van der Waals surface area contributed by atoms with Crippen molar-refractivity contribution in [1.82, 2.24) is 4.90 Å². The molecule has 6 nitrogen and oxygen atoms in total. The predicted molar refractivity (Wildman–Crippen MR) is 108 cm³/mol. The first kappa shape index (κ1) is 19.7. The fourth-order valence-corrected chi connectivity index (χ4v) is 3.88. The van der Waals surface area contributed by atoms with Gasteiger partial charge in [0.15, 0.2) is 0 Å². The molecule has 1 fully saturated rings. The summed E-state index contributed by atoms with van der Waals surface area (Å²) >= 11 is 7.88. The number of thiophene rings is 1. The molecule has 27 heavy (non-hydrogen) atoms. The standard InChI is InChI=1S/C19H22ClN3O3S/c1-13(24)21-14-6-7-18(17(20)10-14)22-19(25)23(11-15-4-2-8-26-15)12-16-5-3-9-27-16/h3,5-7,9-10,15H,2,4,8,11-12H2,1H3,(H,21,24)(H,22,25). The van der Waals surface area contributed by atoms with Crippen molar-refractivity contribution in [3.8, 4) is 0 Å². The second-order valence-electron chi connectivity index (χ2n) is 6.40. The molecule has 0 aliphatic carbocycles. The van der Waals surface area contributed by atoms with E-state index in [1.165, 1.54) is 6.92 Å². The number of anilines is 2. The van der Waals surface area contributed by atoms with E-state index in [1.54, 1.807) is 34.4 Å². The molecule has 3 amide bonds. The van der Waals surface area contributed by atoms with Crippen molar-refractivity contribution in [2.45, 2.75) is 32.4 Å². The lowest BCUT2D eigenvalue weighted by Gasteiger charge is -2.25. The molecule has 0 bridgehead atoms. The highest BCUT2D eigenvalue weighted by Gasteiger charge is 2.23. The van der Waals surface area contributed by atoms with Crippen molar-refractivity contribution in [3.63, 3.8) is 0 Å². The summed E-state index contributed by atoms with van der Waals surface area (Å²) in [5, 5.41) is 7.89. The number of amides is 3. The summed E-state index contributed by atoms with van der Waals surface area (Å²) in [4.78, 5) is 26.9. The monoisotopic (exact) mass is 407 g/mol. The van der Waals surface area contributed by atoms with Gasteiger partial charge in [-0.25, -0.2) is 4.79 Å². The highest BCUT2D eigenvalue weighted by molar-refractivity contribution is 7.09. The molecular weight excluding hydrogens is 386 g/mol. The minimum atomic E-state index is -0.229. The molecule has 3 rings (SSSR count). The molecule has 2 heterocycles. The van der Waals surface area contributed by atoms with Gasteiger partial charge >= 0.3 is 6.03 Å². The number of benzene rings is 1. The maximum absolute atomic E-state index is 12.9. The van der Waals surface area contributed by atoms with Crippen molar-refractivity contribution >= 4 is 46.3 Å². The van der Waals surface area contributed by atoms with Gasteiger partial charge in [0, 0.05) is 30.6 Å². The summed E-state index contributed by atoms with van der Waals surface area (Å²) in [5.41, 5.74) is 1.08. The zero-order chi connectivity index (χ0) is 19.2. The van der Waals surface area contributed by atoms with Crippen LogP contribution in [-0.4, -0.2) is 36.1 Å². The largest absolute Gasteiger partial charge is 0.376 e. The van der Waals surface area contributed by atoms with Gasteiger partial charge in [-0.2, -0.15) is 0 Å². The quantitative estimate of drug-likeness (QED) is 0.736. The van der Waals surface area contributed by atoms with Gasteiger partial charge in [0.25, 0.3) is 0 Å². The summed E-state index contributed by atoms with van der Waals surface area (Å²) < 4.78 is 5.69. The van der Waals surface area contributed by atoms with Gasteiger partial charge in [0.2, 0.25) is 5.91 Å². The van der Waals surface area contributed by atoms with E-state index in [0.29, 0.717) is 29.5 Å². The van der Waals surface area contributed by atoms with Gasteiger partial charge in [0.05, 0.1) is 23.4 Å². The summed E-state index contributed by atoms with van der Waals surface area (Å²) in [7, 11) is 0. The Bertz CT molecular complexity index is 792. The molecule has 0 spiro atoms. The van der Waals surface area contributed by atoms with Gasteiger partial charge in [-0.15, -0.1) is 11.3 Å². The van der Waals surface area contributed by atoms with Crippen LogP contribution < -0.4 is 10.6 Å². The number of carbonyl (C=O) groups excluding carboxylic acids is 2. The number of nitrogens with one attached hydrogen (secondary N) is 2. The molecule has 1 aliphatic rings. The number of urea groups is 1. The third kappa shape index (κ3) is 5.69. The van der Waals surface area contributed by atoms with Crippen molar-refractivity contribution in [2.75, 3.05) is 23.8 Å². The molecular formula is C19H22ClN3O3S. The van der Waals surface area contributed by atoms with Gasteiger partial charge in [-0.1, -0.05) is 17.7 Å². The Morgan fingerprint density at radius 3 is 2.81 bits per heavy atom. The maximum Gasteiger partial charge on any atom is 0.322 e. The highest BCUT2D eigenvalue weighted by atomic mass is 35.5. The zero-order valence-corrected chi connectivity index (χ0v) is 16.6. The molecule has 144 valence electrons. The molecule has 8 heteroatoms. The summed E-state index contributed by atoms with van der Waals surface area (Å²) in [6.45, 7) is 3.23. The Morgan fingerprint density at radius 2 is 2.19 bits per heavy atom. The molecule has 1 aromatic carbocycles. The lowest BCUT2D eigenvalue weighted by atomic mass is 10.2. The van der Waals surface area contributed by atoms with Gasteiger partial charge in [0.1, 0.15) is 0 Å². The number of ether oxygens (including phenoxy) is 1. The van der Waals surface area contributed by atoms with Crippen LogP contribution in [0.5, 0.6) is 0 Å². The number of hydrogen-bond acceptors (Lipinski definition) is 4. The molecule has 1 saturated heterocycles. The summed E-state index contributed by atoms with van der Waals surface area (Å²) in [6, 6.07) is 8.75. The van der Waals surface area contributed by atoms with Crippen LogP contribution in [0.3, 0.4) is 0 Å². The summed E-state index contributed by atoms with van der Waals surface area (Å²) in [6.07, 6.45) is 2.05. The lowest BCUT2D eigenvalue weighted by Crippen LogP contribution is -2.39. The molecule has 0 saturated carbocycles. The average molecular weight is 408 g/mol. The lowest BCUT2D eigenvalue weighted by molar-refractivity contribution is -0.114. The van der Waals surface area contributed by atoms with E-state index in [2.05, 4.69) is 10.6 Å². The molecule has 1 unspecified atom stereocenters. The Morgan fingerprint density at radius 1 is 1.33 bits per heavy atom. The van der Waals surface area contributed by atoms with E-state index < -0.39 is 0 Å². The van der Waals surface area contributed by atoms with Crippen LogP contribution in [0, 0.1) is 0 Å². The first-order valence-electron chi connectivity index (χ1n) is 8.78. The van der Waals surface area contributed by atoms with Crippen molar-refractivity contribution in [1.29, 1.82) is 0 Å². The normalized spacial score (nSPS) is 16.1. The third-order valence-electron chi connectivity index (χ3n) is 4.19. The Balaban J connectivity index is 1.70. The molecule has 1 aromatic heterocycles. The van der Waals surface area contributed by atoms with E-state index in [0.717, 1.165) is 24.3 Å². The first-order chi connectivity index (χ1) is 13.0. The molecule has 1 atom stereocenters. The number of nitrogens with zero attached hydrogens (tertiary/aromatic N) is 1. The van der Waals surface area contributed by atoms with Crippen LogP contribution in [0.15, 0.2) is 35.7 Å². The van der Waals surface area contributed by atoms with E-state index >= 15 is 0 Å². The van der Waals surface area contributed by atoms with Crippen molar-refractivity contribution in [3.05, 3.63) is 45.6 Å². The number of hydrogen-bond donors (Lipinski definition) is 2. The number of carbonyl (C=O) groups is 2. The fraction of sp³-hybridized carbons (Fsp3) is 0.368. The second kappa shape index (κ2) is 9.21. The molecule has 2 aromatic rings. The minimum Gasteiger partial charge on any atom is -0.376 e. The zero-order valence-electron chi connectivity index (χ0n) is 15.0. The van der Waals surface area contributed by atoms with Crippen LogP contribution in [0.2, 0.25) is 5.02 Å². The van der Waals surface area contributed by atoms with E-state index in [9.17, 15) is 9.59 Å². The smallest absolute Gasteiger partial charge is 0.322 e.